The van der Waals surface area contributed by atoms with Crippen LogP contribution >= 0.6 is 11.6 Å². The van der Waals surface area contributed by atoms with Gasteiger partial charge in [-0.2, -0.15) is 5.26 Å². The van der Waals surface area contributed by atoms with Crippen molar-refractivity contribution in [3.05, 3.63) is 28.8 Å². The van der Waals surface area contributed by atoms with E-state index >= 15 is 0 Å². The molecule has 0 radical (unpaired) electrons. The topological polar surface area (TPSA) is 64.9 Å². The molecule has 1 aliphatic carbocycles. The highest BCUT2D eigenvalue weighted by molar-refractivity contribution is 6.32. The maximum atomic E-state index is 12.3. The molecular formula is C17H22ClN3O. The van der Waals surface area contributed by atoms with Gasteiger partial charge in [0.2, 0.25) is 5.91 Å². The highest BCUT2D eigenvalue weighted by Gasteiger charge is 2.24. The van der Waals surface area contributed by atoms with Crippen molar-refractivity contribution < 1.29 is 4.79 Å². The maximum absolute atomic E-state index is 12.3. The summed E-state index contributed by atoms with van der Waals surface area (Å²) in [4.78, 5) is 12.3. The molecule has 0 aromatic heterocycles. The van der Waals surface area contributed by atoms with Crippen LogP contribution in [0.1, 0.15) is 45.1 Å². The van der Waals surface area contributed by atoms with Crippen molar-refractivity contribution in [2.75, 3.05) is 5.32 Å². The molecule has 22 heavy (non-hydrogen) atoms. The van der Waals surface area contributed by atoms with E-state index in [-0.39, 0.29) is 11.9 Å². The Morgan fingerprint density at radius 2 is 2.14 bits per heavy atom. The van der Waals surface area contributed by atoms with E-state index in [1.54, 1.807) is 18.2 Å². The van der Waals surface area contributed by atoms with Crippen LogP contribution in [0.4, 0.5) is 5.69 Å². The fraction of sp³-hybridized carbons (Fsp3) is 0.529. The van der Waals surface area contributed by atoms with Crippen LogP contribution in [0.5, 0.6) is 0 Å². The van der Waals surface area contributed by atoms with Crippen molar-refractivity contribution in [3.8, 4) is 6.07 Å². The number of nitrogens with one attached hydrogen (secondary N) is 2. The van der Waals surface area contributed by atoms with E-state index in [0.717, 1.165) is 6.42 Å². The zero-order valence-corrected chi connectivity index (χ0v) is 13.8. The number of halogens is 1. The van der Waals surface area contributed by atoms with Crippen LogP contribution in [0.3, 0.4) is 0 Å². The van der Waals surface area contributed by atoms with Crippen molar-refractivity contribution in [1.82, 2.24) is 5.32 Å². The fourth-order valence-electron chi connectivity index (χ4n) is 2.89. The summed E-state index contributed by atoms with van der Waals surface area (Å²) in [6, 6.07) is 7.05. The first-order chi connectivity index (χ1) is 10.5. The number of carbonyl (C=O) groups is 1. The zero-order valence-electron chi connectivity index (χ0n) is 13.0. The summed E-state index contributed by atoms with van der Waals surface area (Å²) < 4.78 is 0. The first kappa shape index (κ1) is 16.8. The van der Waals surface area contributed by atoms with E-state index in [4.69, 9.17) is 16.9 Å². The number of rotatable bonds is 4. The van der Waals surface area contributed by atoms with Gasteiger partial charge in [-0.3, -0.25) is 4.79 Å². The van der Waals surface area contributed by atoms with Gasteiger partial charge in [-0.15, -0.1) is 0 Å². The average molecular weight is 320 g/mol. The number of amides is 1. The molecule has 1 fully saturated rings. The molecule has 1 aromatic rings. The third kappa shape index (κ3) is 4.22. The molecule has 0 spiro atoms. The van der Waals surface area contributed by atoms with Crippen molar-refractivity contribution in [1.29, 1.82) is 5.26 Å². The standard InChI is InChI=1S/C17H22ClN3O/c1-11-5-3-4-6-16(11)20-12(2)17(22)21-14-8-7-13(10-19)15(18)9-14/h7-9,11-12,16,20H,3-6H2,1-2H3,(H,21,22). The van der Waals surface area contributed by atoms with Gasteiger partial charge in [-0.25, -0.2) is 0 Å². The van der Waals surface area contributed by atoms with Crippen molar-refractivity contribution in [2.45, 2.75) is 51.6 Å². The Bertz CT molecular complexity index is 582. The Kier molecular flexibility index (Phi) is 5.82. The Balaban J connectivity index is 1.93. The molecular weight excluding hydrogens is 298 g/mol. The molecule has 1 saturated carbocycles. The maximum Gasteiger partial charge on any atom is 0.241 e. The van der Waals surface area contributed by atoms with Gasteiger partial charge in [0.05, 0.1) is 16.6 Å². The lowest BCUT2D eigenvalue weighted by Gasteiger charge is -2.31. The largest absolute Gasteiger partial charge is 0.325 e. The molecule has 1 aliphatic rings. The van der Waals surface area contributed by atoms with Crippen LogP contribution < -0.4 is 10.6 Å². The Labute approximate surface area is 136 Å². The summed E-state index contributed by atoms with van der Waals surface area (Å²) in [5.74, 6) is 0.520. The number of hydrogen-bond acceptors (Lipinski definition) is 3. The van der Waals surface area contributed by atoms with Crippen LogP contribution in [0, 0.1) is 17.2 Å². The summed E-state index contributed by atoms with van der Waals surface area (Å²) >= 11 is 5.98. The first-order valence-electron chi connectivity index (χ1n) is 7.78. The predicted octanol–water partition coefficient (Wildman–Crippen LogP) is 3.71. The highest BCUT2D eigenvalue weighted by atomic mass is 35.5. The molecule has 1 amide bonds. The lowest BCUT2D eigenvalue weighted by atomic mass is 9.85. The molecule has 1 aromatic carbocycles. The van der Waals surface area contributed by atoms with Crippen molar-refractivity contribution in [3.63, 3.8) is 0 Å². The average Bonchev–Trinajstić information content (AvgIpc) is 2.49. The summed E-state index contributed by atoms with van der Waals surface area (Å²) in [6.45, 7) is 4.11. The Morgan fingerprint density at radius 3 is 2.77 bits per heavy atom. The monoisotopic (exact) mass is 319 g/mol. The van der Waals surface area contributed by atoms with E-state index in [1.165, 1.54) is 19.3 Å². The smallest absolute Gasteiger partial charge is 0.241 e. The quantitative estimate of drug-likeness (QED) is 0.889. The first-order valence-corrected chi connectivity index (χ1v) is 8.15. The number of benzene rings is 1. The van der Waals surface area contributed by atoms with E-state index < -0.39 is 0 Å². The second kappa shape index (κ2) is 7.62. The van der Waals surface area contributed by atoms with E-state index in [1.807, 2.05) is 13.0 Å². The number of nitrogens with zero attached hydrogens (tertiary/aromatic N) is 1. The molecule has 2 rings (SSSR count). The Morgan fingerprint density at radius 1 is 1.41 bits per heavy atom. The van der Waals surface area contributed by atoms with Crippen molar-refractivity contribution in [2.24, 2.45) is 5.92 Å². The normalized spacial score (nSPS) is 22.6. The molecule has 2 N–H and O–H groups in total. The summed E-state index contributed by atoms with van der Waals surface area (Å²) in [7, 11) is 0. The molecule has 118 valence electrons. The molecule has 5 heteroatoms. The van der Waals surface area contributed by atoms with Gasteiger partial charge in [0.1, 0.15) is 6.07 Å². The number of anilines is 1. The van der Waals surface area contributed by atoms with Gasteiger partial charge in [0.15, 0.2) is 0 Å². The molecule has 0 bridgehead atoms. The summed E-state index contributed by atoms with van der Waals surface area (Å²) in [5.41, 5.74) is 1.02. The van der Waals surface area contributed by atoms with Crippen LogP contribution in [0.25, 0.3) is 0 Å². The van der Waals surface area contributed by atoms with Crippen LogP contribution in [0.2, 0.25) is 5.02 Å². The number of carbonyl (C=O) groups excluding carboxylic acids is 1. The van der Waals surface area contributed by atoms with Gasteiger partial charge in [-0.1, -0.05) is 31.4 Å². The number of hydrogen-bond donors (Lipinski definition) is 2. The van der Waals surface area contributed by atoms with Gasteiger partial charge >= 0.3 is 0 Å². The van der Waals surface area contributed by atoms with E-state index in [0.29, 0.717) is 28.2 Å². The minimum absolute atomic E-state index is 0.0847. The molecule has 0 aliphatic heterocycles. The fourth-order valence-corrected chi connectivity index (χ4v) is 3.12. The van der Waals surface area contributed by atoms with Crippen molar-refractivity contribution >= 4 is 23.2 Å². The summed E-state index contributed by atoms with van der Waals surface area (Å²) in [5, 5.41) is 15.5. The second-order valence-corrected chi connectivity index (χ2v) is 6.46. The summed E-state index contributed by atoms with van der Waals surface area (Å²) in [6.07, 6.45) is 4.85. The third-order valence-corrected chi connectivity index (χ3v) is 4.64. The minimum atomic E-state index is -0.264. The van der Waals surface area contributed by atoms with Crippen LogP contribution in [-0.4, -0.2) is 18.0 Å². The minimum Gasteiger partial charge on any atom is -0.325 e. The Hall–Kier alpha value is -1.57. The van der Waals surface area contributed by atoms with Gasteiger partial charge in [0, 0.05) is 11.7 Å². The highest BCUT2D eigenvalue weighted by Crippen LogP contribution is 2.24. The van der Waals surface area contributed by atoms with E-state index in [9.17, 15) is 4.79 Å². The predicted molar refractivity (Wildman–Crippen MR) is 88.8 cm³/mol. The molecule has 4 nitrogen and oxygen atoms in total. The molecule has 0 saturated heterocycles. The van der Waals surface area contributed by atoms with Gasteiger partial charge in [-0.05, 0) is 43.9 Å². The van der Waals surface area contributed by atoms with Gasteiger partial charge < -0.3 is 10.6 Å². The lowest BCUT2D eigenvalue weighted by Crippen LogP contribution is -2.47. The second-order valence-electron chi connectivity index (χ2n) is 6.05. The lowest BCUT2D eigenvalue weighted by molar-refractivity contribution is -0.118. The third-order valence-electron chi connectivity index (χ3n) is 4.33. The molecule has 3 atom stereocenters. The molecule has 3 unspecified atom stereocenters. The zero-order chi connectivity index (χ0) is 16.1. The van der Waals surface area contributed by atoms with E-state index in [2.05, 4.69) is 17.6 Å². The van der Waals surface area contributed by atoms with Crippen LogP contribution in [-0.2, 0) is 4.79 Å². The molecule has 0 heterocycles. The van der Waals surface area contributed by atoms with Crippen LogP contribution in [0.15, 0.2) is 18.2 Å². The van der Waals surface area contributed by atoms with Gasteiger partial charge in [0.25, 0.3) is 0 Å². The number of nitriles is 1. The SMILES string of the molecule is CC(NC1CCCCC1C)C(=O)Nc1ccc(C#N)c(Cl)c1.